The van der Waals surface area contributed by atoms with Crippen molar-refractivity contribution in [2.75, 3.05) is 25.1 Å². The zero-order chi connectivity index (χ0) is 36.1. The van der Waals surface area contributed by atoms with Crippen LogP contribution in [0.5, 0.6) is 0 Å². The highest BCUT2D eigenvalue weighted by Gasteiger charge is 2.46. The first kappa shape index (κ1) is 34.8. The lowest BCUT2D eigenvalue weighted by Gasteiger charge is -2.38. The number of alkyl halides is 5. The van der Waals surface area contributed by atoms with E-state index in [1.54, 1.807) is 38.2 Å². The number of benzene rings is 3. The maximum absolute atomic E-state index is 13.8. The van der Waals surface area contributed by atoms with Crippen LogP contribution in [-0.4, -0.2) is 59.1 Å². The van der Waals surface area contributed by atoms with Gasteiger partial charge in [-0.3, -0.25) is 4.90 Å². The molecule has 6 rings (SSSR count). The molecule has 2 atom stereocenters. The van der Waals surface area contributed by atoms with Crippen LogP contribution in [0.15, 0.2) is 60.8 Å². The molecule has 2 saturated heterocycles. The van der Waals surface area contributed by atoms with Crippen LogP contribution in [0.3, 0.4) is 0 Å². The van der Waals surface area contributed by atoms with Gasteiger partial charge in [-0.2, -0.15) is 13.2 Å². The van der Waals surface area contributed by atoms with E-state index in [9.17, 15) is 31.5 Å². The molecule has 0 aliphatic carbocycles. The first-order valence-corrected chi connectivity index (χ1v) is 16.1. The van der Waals surface area contributed by atoms with Gasteiger partial charge in [-0.1, -0.05) is 36.8 Å². The molecule has 1 aromatic heterocycles. The van der Waals surface area contributed by atoms with Gasteiger partial charge in [-0.25, -0.2) is 28.3 Å². The van der Waals surface area contributed by atoms with Gasteiger partial charge < -0.3 is 14.4 Å². The molecule has 0 N–H and O–H groups in total. The van der Waals surface area contributed by atoms with Crippen LogP contribution in [0.4, 0.5) is 32.7 Å². The highest BCUT2D eigenvalue weighted by atomic mass is 19.4. The predicted octanol–water partition coefficient (Wildman–Crippen LogP) is 8.33. The molecule has 13 heteroatoms. The Bertz CT molecular complexity index is 1970. The van der Waals surface area contributed by atoms with Gasteiger partial charge in [0.1, 0.15) is 6.10 Å². The number of nitrogens with zero attached hydrogens (tertiary/aromatic N) is 4. The number of rotatable bonds is 8. The van der Waals surface area contributed by atoms with E-state index >= 15 is 0 Å². The zero-order valence-corrected chi connectivity index (χ0v) is 28.1. The van der Waals surface area contributed by atoms with E-state index in [1.807, 2.05) is 38.1 Å². The lowest BCUT2D eigenvalue weighted by atomic mass is 9.91. The summed E-state index contributed by atoms with van der Waals surface area (Å²) >= 11 is 0. The molecule has 1 amide bonds. The van der Waals surface area contributed by atoms with E-state index in [4.69, 9.17) is 14.5 Å². The molecule has 0 radical (unpaired) electrons. The molecular weight excluding hydrogens is 659 g/mol. The van der Waals surface area contributed by atoms with Crippen molar-refractivity contribution in [1.29, 1.82) is 0 Å². The largest absolute Gasteiger partial charge is 0.465 e. The summed E-state index contributed by atoms with van der Waals surface area (Å²) in [6, 6.07) is 14.0. The molecule has 0 spiro atoms. The Morgan fingerprint density at radius 1 is 1.02 bits per heavy atom. The SMILES string of the molecule is CCc1ccc(-c2ccc(C(=O)OC)cc2C)cc1-c1cnc(N2CC(F)(F)C2)nc1CN1C(=O)O[C@H](c2cc(C)cc(C(F)(F)F)c2)[C@@H]1C. The number of anilines is 1. The smallest absolute Gasteiger partial charge is 0.416 e. The number of ether oxygens (including phenoxy) is 2. The van der Waals surface area contributed by atoms with Crippen LogP contribution in [-0.2, 0) is 28.6 Å². The van der Waals surface area contributed by atoms with Crippen molar-refractivity contribution in [2.24, 2.45) is 0 Å². The third-order valence-corrected chi connectivity index (χ3v) is 9.19. The number of amides is 1. The van der Waals surface area contributed by atoms with Crippen molar-refractivity contribution in [2.45, 2.75) is 64.9 Å². The Kier molecular flexibility index (Phi) is 9.04. The summed E-state index contributed by atoms with van der Waals surface area (Å²) < 4.78 is 79.1. The molecule has 2 aliphatic heterocycles. The second-order valence-electron chi connectivity index (χ2n) is 12.8. The van der Waals surface area contributed by atoms with Crippen LogP contribution >= 0.6 is 0 Å². The highest BCUT2D eigenvalue weighted by molar-refractivity contribution is 5.91. The van der Waals surface area contributed by atoms with E-state index in [1.165, 1.54) is 16.9 Å². The van der Waals surface area contributed by atoms with E-state index in [0.29, 0.717) is 28.8 Å². The van der Waals surface area contributed by atoms with E-state index < -0.39 is 55.0 Å². The molecule has 3 aromatic carbocycles. The van der Waals surface area contributed by atoms with Gasteiger partial charge in [0, 0.05) is 11.8 Å². The molecule has 0 unspecified atom stereocenters. The van der Waals surface area contributed by atoms with Crippen LogP contribution in [0.2, 0.25) is 0 Å². The Morgan fingerprint density at radius 3 is 2.40 bits per heavy atom. The molecule has 2 fully saturated rings. The van der Waals surface area contributed by atoms with E-state index in [-0.39, 0.29) is 18.1 Å². The molecule has 4 aromatic rings. The number of hydrogen-bond donors (Lipinski definition) is 0. The normalized spacial score (nSPS) is 18.6. The van der Waals surface area contributed by atoms with Gasteiger partial charge in [0.05, 0.1) is 49.6 Å². The third kappa shape index (κ3) is 6.73. The number of esters is 1. The summed E-state index contributed by atoms with van der Waals surface area (Å²) in [6.45, 7) is 5.85. The molecular formula is C37H35F5N4O4. The highest BCUT2D eigenvalue weighted by Crippen LogP contribution is 2.40. The van der Waals surface area contributed by atoms with Crippen molar-refractivity contribution >= 4 is 18.0 Å². The molecule has 2 aliphatic rings. The molecule has 50 heavy (non-hydrogen) atoms. The summed E-state index contributed by atoms with van der Waals surface area (Å²) in [5, 5.41) is 0. The average Bonchev–Trinajstić information content (AvgIpc) is 3.34. The van der Waals surface area contributed by atoms with Gasteiger partial charge in [0.25, 0.3) is 5.92 Å². The topological polar surface area (TPSA) is 84.9 Å². The fourth-order valence-corrected chi connectivity index (χ4v) is 6.56. The monoisotopic (exact) mass is 694 g/mol. The first-order valence-electron chi connectivity index (χ1n) is 16.1. The van der Waals surface area contributed by atoms with Crippen molar-refractivity contribution in [3.8, 4) is 22.3 Å². The van der Waals surface area contributed by atoms with Gasteiger partial charge >= 0.3 is 18.2 Å². The predicted molar refractivity (Wildman–Crippen MR) is 176 cm³/mol. The summed E-state index contributed by atoms with van der Waals surface area (Å²) in [4.78, 5) is 37.3. The lowest BCUT2D eigenvalue weighted by molar-refractivity contribution is -0.137. The Labute approximate surface area is 285 Å². The molecule has 0 bridgehead atoms. The number of carbonyl (C=O) groups is 2. The lowest BCUT2D eigenvalue weighted by Crippen LogP contribution is -2.57. The minimum Gasteiger partial charge on any atom is -0.465 e. The van der Waals surface area contributed by atoms with Crippen LogP contribution < -0.4 is 4.90 Å². The van der Waals surface area contributed by atoms with Crippen LogP contribution in [0, 0.1) is 13.8 Å². The summed E-state index contributed by atoms with van der Waals surface area (Å²) in [5.41, 5.74) is 5.27. The number of methoxy groups -OCH3 is 1. The molecule has 0 saturated carbocycles. The second kappa shape index (κ2) is 13.0. The number of aryl methyl sites for hydroxylation is 3. The van der Waals surface area contributed by atoms with Crippen LogP contribution in [0.1, 0.15) is 63.8 Å². The van der Waals surface area contributed by atoms with Gasteiger partial charge in [-0.15, -0.1) is 0 Å². The quantitative estimate of drug-likeness (QED) is 0.135. The van der Waals surface area contributed by atoms with Crippen molar-refractivity contribution in [3.05, 3.63) is 99.9 Å². The Balaban J connectivity index is 1.40. The maximum Gasteiger partial charge on any atom is 0.416 e. The van der Waals surface area contributed by atoms with Crippen molar-refractivity contribution in [3.63, 3.8) is 0 Å². The minimum atomic E-state index is -4.58. The molecule has 8 nitrogen and oxygen atoms in total. The first-order chi connectivity index (χ1) is 23.6. The molecule has 262 valence electrons. The number of aromatic nitrogens is 2. The minimum absolute atomic E-state index is 0.0726. The fourth-order valence-electron chi connectivity index (χ4n) is 6.56. The summed E-state index contributed by atoms with van der Waals surface area (Å²) in [5.74, 6) is -3.26. The number of carbonyl (C=O) groups excluding carboxylic acids is 2. The number of hydrogen-bond acceptors (Lipinski definition) is 7. The van der Waals surface area contributed by atoms with Gasteiger partial charge in [-0.05, 0) is 90.9 Å². The zero-order valence-electron chi connectivity index (χ0n) is 28.1. The Hall–Kier alpha value is -5.07. The van der Waals surface area contributed by atoms with E-state index in [2.05, 4.69) is 4.98 Å². The van der Waals surface area contributed by atoms with Crippen LogP contribution in [0.25, 0.3) is 22.3 Å². The van der Waals surface area contributed by atoms with Crippen molar-refractivity contribution in [1.82, 2.24) is 14.9 Å². The molecule has 3 heterocycles. The summed E-state index contributed by atoms with van der Waals surface area (Å²) in [7, 11) is 1.31. The second-order valence-corrected chi connectivity index (χ2v) is 12.8. The number of halogens is 5. The van der Waals surface area contributed by atoms with Crippen molar-refractivity contribution < 1.29 is 41.0 Å². The fraction of sp³-hybridized carbons (Fsp3) is 0.351. The maximum atomic E-state index is 13.8. The third-order valence-electron chi connectivity index (χ3n) is 9.19. The van der Waals surface area contributed by atoms with Gasteiger partial charge in [0.2, 0.25) is 5.95 Å². The average molecular weight is 695 g/mol. The standard InChI is InChI=1S/C37H35F5N4O4/c1-6-23-7-8-24(28-10-9-25(13-21(28)3)33(47)49-5)15-29(23)30-16-43-34(45-18-36(38,39)19-45)44-31(30)17-46-22(4)32(50-35(46)48)26-11-20(2)12-27(14-26)37(40,41)42/h7-16,22,32H,6,17-19H2,1-5H3/t22-,32-/m0/s1. The number of cyclic esters (lactones) is 1. The van der Waals surface area contributed by atoms with Gasteiger partial charge in [0.15, 0.2) is 0 Å². The Morgan fingerprint density at radius 2 is 1.76 bits per heavy atom. The summed E-state index contributed by atoms with van der Waals surface area (Å²) in [6.07, 6.45) is -4.15. The van der Waals surface area contributed by atoms with E-state index in [0.717, 1.165) is 39.9 Å².